The van der Waals surface area contributed by atoms with Crippen LogP contribution in [0.5, 0.6) is 0 Å². The van der Waals surface area contributed by atoms with Crippen LogP contribution in [0.3, 0.4) is 0 Å². The van der Waals surface area contributed by atoms with Crippen LogP contribution in [0.25, 0.3) is 0 Å². The van der Waals surface area contributed by atoms with Crippen LogP contribution in [0, 0.1) is 5.41 Å². The molecule has 0 radical (unpaired) electrons. The highest BCUT2D eigenvalue weighted by molar-refractivity contribution is 6.31. The van der Waals surface area contributed by atoms with E-state index in [9.17, 15) is 9.90 Å². The molecule has 9 heteroatoms. The van der Waals surface area contributed by atoms with Gasteiger partial charge in [0, 0.05) is 37.1 Å². The third-order valence-electron chi connectivity index (χ3n) is 6.60. The highest BCUT2D eigenvalue weighted by atomic mass is 35.5. The molecule has 3 aromatic rings. The van der Waals surface area contributed by atoms with Gasteiger partial charge in [-0.3, -0.25) is 9.78 Å². The number of benzene rings is 1. The molecule has 176 valence electrons. The number of nitrogens with one attached hydrogen (secondary N) is 2. The van der Waals surface area contributed by atoms with Crippen molar-refractivity contribution in [1.82, 2.24) is 20.3 Å². The van der Waals surface area contributed by atoms with Crippen molar-refractivity contribution in [2.75, 3.05) is 23.3 Å². The van der Waals surface area contributed by atoms with Gasteiger partial charge >= 0.3 is 0 Å². The molecule has 0 atom stereocenters. The van der Waals surface area contributed by atoms with Gasteiger partial charge in [-0.05, 0) is 54.0 Å². The number of amides is 1. The Morgan fingerprint density at radius 1 is 1.15 bits per heavy atom. The van der Waals surface area contributed by atoms with E-state index in [2.05, 4.69) is 25.5 Å². The first kappa shape index (κ1) is 22.6. The van der Waals surface area contributed by atoms with E-state index in [1.54, 1.807) is 24.5 Å². The molecule has 8 nitrogen and oxygen atoms in total. The Morgan fingerprint density at radius 2 is 2.03 bits per heavy atom. The number of carbonyl (C=O) groups excluding carboxylic acids is 1. The number of nitrogens with zero attached hydrogens (tertiary/aromatic N) is 4. The lowest BCUT2D eigenvalue weighted by Crippen LogP contribution is -2.27. The Morgan fingerprint density at radius 3 is 2.74 bits per heavy atom. The number of hydrogen-bond acceptors (Lipinski definition) is 7. The molecule has 1 amide bonds. The lowest BCUT2D eigenvalue weighted by atomic mass is 10.1. The summed E-state index contributed by atoms with van der Waals surface area (Å²) in [6.07, 6.45) is 7.00. The smallest absolute Gasteiger partial charge is 0.256 e. The molecule has 2 aliphatic rings. The predicted octanol–water partition coefficient (Wildman–Crippen LogP) is 3.55. The first-order chi connectivity index (χ1) is 16.5. The van der Waals surface area contributed by atoms with Crippen LogP contribution in [0.15, 0.2) is 48.8 Å². The molecular weight excluding hydrogens is 452 g/mol. The first-order valence-corrected chi connectivity index (χ1v) is 11.9. The summed E-state index contributed by atoms with van der Waals surface area (Å²) in [5, 5.41) is 16.1. The van der Waals surface area contributed by atoms with Crippen LogP contribution in [-0.2, 0) is 19.7 Å². The Balaban J connectivity index is 1.35. The lowest BCUT2D eigenvalue weighted by molar-refractivity contribution is 0.0950. The SMILES string of the molecule is O=C(NCc1ccccn1)c1cnc(N2CCC3(CC3)C2)nc1NCc1ccc(CO)c(Cl)c1. The van der Waals surface area contributed by atoms with Crippen molar-refractivity contribution in [3.8, 4) is 0 Å². The van der Waals surface area contributed by atoms with E-state index >= 15 is 0 Å². The number of aromatic nitrogens is 3. The van der Waals surface area contributed by atoms with Gasteiger partial charge in [0.1, 0.15) is 11.4 Å². The molecule has 1 aromatic carbocycles. The fraction of sp³-hybridized carbons (Fsp3) is 0.360. The van der Waals surface area contributed by atoms with Crippen molar-refractivity contribution in [2.45, 2.75) is 39.0 Å². The van der Waals surface area contributed by atoms with E-state index in [0.717, 1.165) is 24.3 Å². The van der Waals surface area contributed by atoms with Gasteiger partial charge in [0.05, 0.1) is 18.8 Å². The molecule has 5 rings (SSSR count). The van der Waals surface area contributed by atoms with E-state index in [-0.39, 0.29) is 12.5 Å². The van der Waals surface area contributed by atoms with Gasteiger partial charge < -0.3 is 20.6 Å². The maximum absolute atomic E-state index is 13.0. The fourth-order valence-corrected chi connectivity index (χ4v) is 4.56. The molecule has 3 heterocycles. The van der Waals surface area contributed by atoms with Gasteiger partial charge in [-0.1, -0.05) is 29.8 Å². The van der Waals surface area contributed by atoms with Gasteiger partial charge in [-0.25, -0.2) is 4.98 Å². The second-order valence-corrected chi connectivity index (χ2v) is 9.45. The zero-order chi connectivity index (χ0) is 23.5. The van der Waals surface area contributed by atoms with Crippen molar-refractivity contribution in [2.24, 2.45) is 5.41 Å². The second-order valence-electron chi connectivity index (χ2n) is 9.05. The normalized spacial score (nSPS) is 16.0. The number of aliphatic hydroxyl groups is 1. The third kappa shape index (κ3) is 4.98. The van der Waals surface area contributed by atoms with Crippen molar-refractivity contribution in [3.63, 3.8) is 0 Å². The van der Waals surface area contributed by atoms with Gasteiger partial charge in [-0.15, -0.1) is 0 Å². The Bertz CT molecular complexity index is 1190. The van der Waals surface area contributed by atoms with Crippen molar-refractivity contribution < 1.29 is 9.90 Å². The number of aliphatic hydroxyl groups excluding tert-OH is 1. The monoisotopic (exact) mass is 478 g/mol. The number of carbonyl (C=O) groups is 1. The summed E-state index contributed by atoms with van der Waals surface area (Å²) in [5.74, 6) is 0.845. The molecule has 1 aliphatic heterocycles. The number of anilines is 2. The first-order valence-electron chi connectivity index (χ1n) is 11.5. The van der Waals surface area contributed by atoms with Gasteiger partial charge in [-0.2, -0.15) is 4.98 Å². The average molecular weight is 479 g/mol. The Hall–Kier alpha value is -3.23. The van der Waals surface area contributed by atoms with Crippen molar-refractivity contribution >= 4 is 29.3 Å². The molecule has 1 saturated carbocycles. The largest absolute Gasteiger partial charge is 0.392 e. The predicted molar refractivity (Wildman–Crippen MR) is 131 cm³/mol. The number of pyridine rings is 1. The van der Waals surface area contributed by atoms with Crippen molar-refractivity contribution in [1.29, 1.82) is 0 Å². The zero-order valence-corrected chi connectivity index (χ0v) is 19.6. The van der Waals surface area contributed by atoms with E-state index in [1.165, 1.54) is 19.3 Å². The van der Waals surface area contributed by atoms with Crippen molar-refractivity contribution in [3.05, 3.63) is 76.2 Å². The Kier molecular flexibility index (Phi) is 6.34. The highest BCUT2D eigenvalue weighted by Gasteiger charge is 2.48. The van der Waals surface area contributed by atoms with E-state index in [1.807, 2.05) is 24.3 Å². The summed E-state index contributed by atoms with van der Waals surface area (Å²) in [6.45, 7) is 2.53. The highest BCUT2D eigenvalue weighted by Crippen LogP contribution is 2.53. The second kappa shape index (κ2) is 9.56. The van der Waals surface area contributed by atoms with Gasteiger partial charge in [0.15, 0.2) is 0 Å². The molecule has 1 aliphatic carbocycles. The summed E-state index contributed by atoms with van der Waals surface area (Å²) < 4.78 is 0. The molecule has 2 aromatic heterocycles. The molecule has 0 unspecified atom stereocenters. The molecule has 0 bridgehead atoms. The Labute approximate surface area is 203 Å². The van der Waals surface area contributed by atoms with Crippen LogP contribution in [0.1, 0.15) is 46.4 Å². The average Bonchev–Trinajstić information content (AvgIpc) is 3.50. The zero-order valence-electron chi connectivity index (χ0n) is 18.8. The fourth-order valence-electron chi connectivity index (χ4n) is 4.30. The van der Waals surface area contributed by atoms with E-state index in [4.69, 9.17) is 16.6 Å². The van der Waals surface area contributed by atoms with Crippen LogP contribution in [0.2, 0.25) is 5.02 Å². The van der Waals surface area contributed by atoms with E-state index in [0.29, 0.717) is 46.4 Å². The molecule has 3 N–H and O–H groups in total. The molecule has 2 fully saturated rings. The van der Waals surface area contributed by atoms with Crippen LogP contribution >= 0.6 is 11.6 Å². The maximum Gasteiger partial charge on any atom is 0.256 e. The number of hydrogen-bond donors (Lipinski definition) is 3. The van der Waals surface area contributed by atoms with Crippen LogP contribution in [-0.4, -0.2) is 39.1 Å². The van der Waals surface area contributed by atoms with Gasteiger partial charge in [0.25, 0.3) is 5.91 Å². The maximum atomic E-state index is 13.0. The standard InChI is InChI=1S/C25H27ClN6O2/c26-21-11-17(4-5-18(21)15-33)12-28-22-20(23(34)29-13-19-3-1-2-9-27-19)14-30-24(31-22)32-10-8-25(16-32)6-7-25/h1-5,9,11,14,33H,6-8,10,12-13,15-16H2,(H,29,34)(H,28,30,31). The molecule has 1 spiro atoms. The topological polar surface area (TPSA) is 103 Å². The minimum Gasteiger partial charge on any atom is -0.392 e. The summed E-state index contributed by atoms with van der Waals surface area (Å²) >= 11 is 6.25. The molecular formula is C25H27ClN6O2. The summed E-state index contributed by atoms with van der Waals surface area (Å²) in [7, 11) is 0. The minimum absolute atomic E-state index is 0.111. The van der Waals surface area contributed by atoms with Crippen LogP contribution in [0.4, 0.5) is 11.8 Å². The third-order valence-corrected chi connectivity index (χ3v) is 6.95. The quantitative estimate of drug-likeness (QED) is 0.455. The summed E-state index contributed by atoms with van der Waals surface area (Å²) in [4.78, 5) is 28.8. The minimum atomic E-state index is -0.270. The summed E-state index contributed by atoms with van der Waals surface area (Å²) in [6, 6.07) is 11.1. The van der Waals surface area contributed by atoms with Gasteiger partial charge in [0.2, 0.25) is 5.95 Å². The molecule has 1 saturated heterocycles. The summed E-state index contributed by atoms with van der Waals surface area (Å²) in [5.41, 5.74) is 3.18. The lowest BCUT2D eigenvalue weighted by Gasteiger charge is -2.19. The number of halogens is 1. The number of rotatable bonds is 8. The van der Waals surface area contributed by atoms with Crippen LogP contribution < -0.4 is 15.5 Å². The molecule has 34 heavy (non-hydrogen) atoms. The van der Waals surface area contributed by atoms with E-state index < -0.39 is 0 Å².